The Hall–Kier alpha value is -5.57. The van der Waals surface area contributed by atoms with Gasteiger partial charge in [-0.15, -0.1) is 0 Å². The number of para-hydroxylation sites is 1. The molecule has 0 radical (unpaired) electrons. The van der Waals surface area contributed by atoms with Crippen LogP contribution in [0.2, 0.25) is 5.02 Å². The molecule has 0 aliphatic carbocycles. The summed E-state index contributed by atoms with van der Waals surface area (Å²) in [5.74, 6) is -1.57. The Morgan fingerprint density at radius 2 is 1.76 bits per heavy atom. The number of aromatic nitrogens is 5. The number of hydrogen-bond acceptors (Lipinski definition) is 11. The van der Waals surface area contributed by atoms with Gasteiger partial charge in [0, 0.05) is 41.9 Å². The molecule has 3 aromatic heterocycles. The second kappa shape index (κ2) is 17.5. The van der Waals surface area contributed by atoms with E-state index in [9.17, 15) is 9.59 Å². The lowest BCUT2D eigenvalue weighted by molar-refractivity contribution is -0.147. The van der Waals surface area contributed by atoms with Crippen molar-refractivity contribution in [3.8, 4) is 23.0 Å². The van der Waals surface area contributed by atoms with Crippen LogP contribution >= 0.6 is 11.6 Å². The van der Waals surface area contributed by atoms with E-state index in [-0.39, 0.29) is 61.0 Å². The Balaban J connectivity index is 1.35. The van der Waals surface area contributed by atoms with E-state index in [2.05, 4.69) is 20.6 Å². The molecule has 0 fully saturated rings. The molecule has 13 nitrogen and oxygen atoms in total. The van der Waals surface area contributed by atoms with Gasteiger partial charge in [-0.3, -0.25) is 9.67 Å². The molecule has 286 valence electrons. The van der Waals surface area contributed by atoms with Crippen molar-refractivity contribution >= 4 is 46.1 Å². The van der Waals surface area contributed by atoms with E-state index in [0.717, 1.165) is 12.1 Å². The number of pyridine rings is 1. The summed E-state index contributed by atoms with van der Waals surface area (Å²) in [6.07, 6.45) is 4.08. The third-order valence-electron chi connectivity index (χ3n) is 7.77. The lowest BCUT2D eigenvalue weighted by atomic mass is 10.1. The molecule has 0 spiro atoms. The van der Waals surface area contributed by atoms with Gasteiger partial charge >= 0.3 is 12.1 Å². The van der Waals surface area contributed by atoms with Crippen molar-refractivity contribution in [2.24, 2.45) is 5.92 Å². The van der Waals surface area contributed by atoms with Gasteiger partial charge in [0.05, 0.1) is 48.8 Å². The Kier molecular flexibility index (Phi) is 12.8. The lowest BCUT2D eigenvalue weighted by Gasteiger charge is -2.24. The number of carbonyl (C=O) groups excluding carboxylic acids is 2. The van der Waals surface area contributed by atoms with Gasteiger partial charge in [-0.2, -0.15) is 5.10 Å². The molecule has 16 heteroatoms. The van der Waals surface area contributed by atoms with Crippen LogP contribution in [0.5, 0.6) is 11.5 Å². The number of benzene rings is 2. The first-order valence-corrected chi connectivity index (χ1v) is 17.7. The first-order chi connectivity index (χ1) is 25.7. The summed E-state index contributed by atoms with van der Waals surface area (Å²) in [4.78, 5) is 38.4. The van der Waals surface area contributed by atoms with Crippen molar-refractivity contribution in [2.75, 3.05) is 25.1 Å². The zero-order valence-electron chi connectivity index (χ0n) is 30.8. The minimum atomic E-state index is -0.902. The predicted molar refractivity (Wildman–Crippen MR) is 199 cm³/mol. The van der Waals surface area contributed by atoms with E-state index in [1.807, 2.05) is 12.1 Å². The lowest BCUT2D eigenvalue weighted by Crippen LogP contribution is -2.47. The number of nitrogens with one attached hydrogen (secondary N) is 2. The number of halogens is 3. The quantitative estimate of drug-likeness (QED) is 0.0791. The third-order valence-corrected chi connectivity index (χ3v) is 8.07. The van der Waals surface area contributed by atoms with E-state index < -0.39 is 35.3 Å². The number of rotatable bonds is 15. The molecule has 1 amide bonds. The maximum Gasteiger partial charge on any atom is 0.408 e. The first-order valence-electron chi connectivity index (χ1n) is 17.3. The summed E-state index contributed by atoms with van der Waals surface area (Å²) in [6.45, 7) is 10.7. The molecule has 0 saturated heterocycles. The summed E-state index contributed by atoms with van der Waals surface area (Å²) in [5.41, 5.74) is 0.553. The van der Waals surface area contributed by atoms with Gasteiger partial charge in [-0.1, -0.05) is 43.6 Å². The second-order valence-electron chi connectivity index (χ2n) is 13.4. The molecule has 1 atom stereocenters. The molecule has 5 aromatic rings. The van der Waals surface area contributed by atoms with Crippen LogP contribution in [0, 0.1) is 17.6 Å². The fourth-order valence-electron chi connectivity index (χ4n) is 5.26. The van der Waals surface area contributed by atoms with Crippen LogP contribution in [-0.2, 0) is 20.8 Å². The maximum absolute atomic E-state index is 15.1. The second-order valence-corrected chi connectivity index (χ2v) is 13.9. The van der Waals surface area contributed by atoms with Crippen molar-refractivity contribution < 1.29 is 37.3 Å². The molecule has 0 bridgehead atoms. The zero-order chi connectivity index (χ0) is 39.0. The van der Waals surface area contributed by atoms with Crippen molar-refractivity contribution in [3.63, 3.8) is 0 Å². The maximum atomic E-state index is 15.1. The van der Waals surface area contributed by atoms with Crippen molar-refractivity contribution in [2.45, 2.75) is 66.2 Å². The number of nitrogens with zero attached hydrogens (tertiary/aromatic N) is 5. The molecule has 0 aliphatic rings. The molecule has 54 heavy (non-hydrogen) atoms. The number of esters is 1. The van der Waals surface area contributed by atoms with Crippen LogP contribution in [0.1, 0.15) is 53.5 Å². The number of amides is 1. The standard InChI is InChI=1S/C38H42ClF2N7O6/c1-7-51-23-17-27(40)25(28(41)18-23)21-48-30-12-9-8-11-24(30)33(47-48)35-43-20-31(34(46-35)44-29-13-14-42-19-26(29)39)52-15-10-16-53-36(49)32(22(2)3)45-37(50)54-38(4,5)6/h8-9,11-14,17-20,22,32H,7,10,15-16,21H2,1-6H3,(H,45,50)(H,42,43,44,46). The minimum absolute atomic E-state index is 0.00883. The average Bonchev–Trinajstić information content (AvgIpc) is 3.47. The Morgan fingerprint density at radius 3 is 2.44 bits per heavy atom. The van der Waals surface area contributed by atoms with Gasteiger partial charge in [0.25, 0.3) is 0 Å². The van der Waals surface area contributed by atoms with Crippen molar-refractivity contribution in [1.29, 1.82) is 0 Å². The molecule has 1 unspecified atom stereocenters. The van der Waals surface area contributed by atoms with Crippen molar-refractivity contribution in [3.05, 3.63) is 83.3 Å². The monoisotopic (exact) mass is 765 g/mol. The number of carbonyl (C=O) groups is 2. The van der Waals surface area contributed by atoms with E-state index in [4.69, 9.17) is 40.6 Å². The van der Waals surface area contributed by atoms with E-state index in [1.54, 1.807) is 65.9 Å². The molecule has 3 heterocycles. The van der Waals surface area contributed by atoms with Crippen LogP contribution < -0.4 is 20.1 Å². The smallest absolute Gasteiger partial charge is 0.408 e. The largest absolute Gasteiger partial charge is 0.494 e. The fraction of sp³-hybridized carbons (Fsp3) is 0.368. The molecule has 0 aliphatic heterocycles. The van der Waals surface area contributed by atoms with E-state index >= 15 is 8.78 Å². The van der Waals surface area contributed by atoms with Gasteiger partial charge in [0.1, 0.15) is 34.7 Å². The number of anilines is 2. The number of hydrogen-bond donors (Lipinski definition) is 2. The summed E-state index contributed by atoms with van der Waals surface area (Å²) >= 11 is 6.40. The highest BCUT2D eigenvalue weighted by atomic mass is 35.5. The summed E-state index contributed by atoms with van der Waals surface area (Å²) in [5, 5.41) is 11.4. The van der Waals surface area contributed by atoms with Gasteiger partial charge in [0.15, 0.2) is 17.4 Å². The highest BCUT2D eigenvalue weighted by molar-refractivity contribution is 6.33. The molecular formula is C38H42ClF2N7O6. The summed E-state index contributed by atoms with van der Waals surface area (Å²) in [6, 6.07) is 10.3. The summed E-state index contributed by atoms with van der Waals surface area (Å²) < 4.78 is 53.7. The zero-order valence-corrected chi connectivity index (χ0v) is 31.5. The van der Waals surface area contributed by atoms with Crippen molar-refractivity contribution in [1.82, 2.24) is 30.0 Å². The molecule has 0 saturated carbocycles. The van der Waals surface area contributed by atoms with Crippen LogP contribution in [0.15, 0.2) is 61.1 Å². The number of ether oxygens (including phenoxy) is 4. The Labute approximate surface area is 316 Å². The first kappa shape index (κ1) is 39.6. The van der Waals surface area contributed by atoms with Gasteiger partial charge in [-0.05, 0) is 45.7 Å². The van der Waals surface area contributed by atoms with Gasteiger partial charge in [0.2, 0.25) is 0 Å². The highest BCUT2D eigenvalue weighted by Crippen LogP contribution is 2.33. The molecule has 2 N–H and O–H groups in total. The SMILES string of the molecule is CCOc1cc(F)c(Cn2nc(-c3ncc(OCCCOC(=O)C(NC(=O)OC(C)(C)C)C(C)C)c(Nc4ccncc4Cl)n3)c3ccccc32)c(F)c1. The Bertz CT molecular complexity index is 2080. The van der Waals surface area contributed by atoms with Gasteiger partial charge < -0.3 is 29.6 Å². The third kappa shape index (κ3) is 10.1. The highest BCUT2D eigenvalue weighted by Gasteiger charge is 2.28. The number of fused-ring (bicyclic) bond motifs is 1. The number of alkyl carbamates (subject to hydrolysis) is 1. The predicted octanol–water partition coefficient (Wildman–Crippen LogP) is 7.87. The van der Waals surface area contributed by atoms with Gasteiger partial charge in [-0.25, -0.2) is 28.3 Å². The minimum Gasteiger partial charge on any atom is -0.494 e. The van der Waals surface area contributed by atoms with Crippen LogP contribution in [0.3, 0.4) is 0 Å². The van der Waals surface area contributed by atoms with Crippen LogP contribution in [-0.4, -0.2) is 68.3 Å². The van der Waals surface area contributed by atoms with Crippen LogP contribution in [0.4, 0.5) is 25.1 Å². The molecule has 2 aromatic carbocycles. The van der Waals surface area contributed by atoms with Crippen LogP contribution in [0.25, 0.3) is 22.4 Å². The average molecular weight is 766 g/mol. The van der Waals surface area contributed by atoms with E-state index in [0.29, 0.717) is 33.7 Å². The summed E-state index contributed by atoms with van der Waals surface area (Å²) in [7, 11) is 0. The Morgan fingerprint density at radius 1 is 1.02 bits per heavy atom. The topological polar surface area (TPSA) is 152 Å². The van der Waals surface area contributed by atoms with E-state index in [1.165, 1.54) is 17.1 Å². The fourth-order valence-corrected chi connectivity index (χ4v) is 5.43. The normalized spacial score (nSPS) is 12.0. The molecular weight excluding hydrogens is 724 g/mol. The molecule has 5 rings (SSSR count).